The zero-order valence-electron chi connectivity index (χ0n) is 10.8. The Hall–Kier alpha value is -2.69. The van der Waals surface area contributed by atoms with Crippen LogP contribution in [-0.4, -0.2) is 27.4 Å². The maximum absolute atomic E-state index is 11.9. The maximum atomic E-state index is 11.9. The van der Waals surface area contributed by atoms with E-state index in [0.29, 0.717) is 12.1 Å². The van der Waals surface area contributed by atoms with Crippen LogP contribution < -0.4 is 5.32 Å². The van der Waals surface area contributed by atoms with E-state index < -0.39 is 0 Å². The van der Waals surface area contributed by atoms with E-state index in [1.54, 1.807) is 30.9 Å². The summed E-state index contributed by atoms with van der Waals surface area (Å²) in [5.74, 6) is -0.0741. The first-order chi connectivity index (χ1) is 9.83. The third kappa shape index (κ3) is 2.66. The zero-order valence-corrected chi connectivity index (χ0v) is 10.8. The Morgan fingerprint density at radius 1 is 1.20 bits per heavy atom. The van der Waals surface area contributed by atoms with E-state index in [0.717, 1.165) is 23.0 Å². The molecule has 0 spiro atoms. The second kappa shape index (κ2) is 5.52. The molecule has 2 heterocycles. The van der Waals surface area contributed by atoms with Crippen molar-refractivity contribution in [2.45, 2.75) is 6.42 Å². The summed E-state index contributed by atoms with van der Waals surface area (Å²) in [7, 11) is 0. The molecule has 0 unspecified atom stereocenters. The molecule has 2 aromatic heterocycles. The lowest BCUT2D eigenvalue weighted by Crippen LogP contribution is -2.25. The number of nitrogens with one attached hydrogen (secondary N) is 2. The smallest absolute Gasteiger partial charge is 0.251 e. The van der Waals surface area contributed by atoms with E-state index in [4.69, 9.17) is 0 Å². The van der Waals surface area contributed by atoms with Crippen molar-refractivity contribution >= 4 is 16.9 Å². The van der Waals surface area contributed by atoms with Gasteiger partial charge in [0.25, 0.3) is 5.91 Å². The molecule has 0 aliphatic carbocycles. The van der Waals surface area contributed by atoms with Gasteiger partial charge < -0.3 is 10.3 Å². The van der Waals surface area contributed by atoms with Gasteiger partial charge in [-0.3, -0.25) is 9.78 Å². The van der Waals surface area contributed by atoms with Gasteiger partial charge in [0.2, 0.25) is 0 Å². The maximum Gasteiger partial charge on any atom is 0.251 e. The normalized spacial score (nSPS) is 10.6. The highest BCUT2D eigenvalue weighted by atomic mass is 16.1. The number of amides is 1. The number of nitrogens with zero attached hydrogens (tertiary/aromatic N) is 2. The van der Waals surface area contributed by atoms with Crippen molar-refractivity contribution in [3.8, 4) is 0 Å². The van der Waals surface area contributed by atoms with Crippen molar-refractivity contribution < 1.29 is 4.79 Å². The quantitative estimate of drug-likeness (QED) is 0.758. The number of carbonyl (C=O) groups excluding carboxylic acids is 1. The minimum absolute atomic E-state index is 0.0741. The molecule has 0 aliphatic heterocycles. The first-order valence-electron chi connectivity index (χ1n) is 6.43. The van der Waals surface area contributed by atoms with Gasteiger partial charge in [-0.1, -0.05) is 6.07 Å². The van der Waals surface area contributed by atoms with Gasteiger partial charge in [-0.2, -0.15) is 0 Å². The van der Waals surface area contributed by atoms with Crippen LogP contribution in [0.15, 0.2) is 49.1 Å². The Kier molecular flexibility index (Phi) is 3.41. The van der Waals surface area contributed by atoms with Crippen LogP contribution in [0.4, 0.5) is 0 Å². The number of aromatic nitrogens is 3. The Labute approximate surface area is 116 Å². The fraction of sp³-hybridized carbons (Fsp3) is 0.133. The Morgan fingerprint density at radius 2 is 2.05 bits per heavy atom. The van der Waals surface area contributed by atoms with E-state index >= 15 is 0 Å². The van der Waals surface area contributed by atoms with Crippen LogP contribution in [0.1, 0.15) is 15.9 Å². The third-order valence-corrected chi connectivity index (χ3v) is 3.13. The number of hydrogen-bond donors (Lipinski definition) is 2. The number of imidazole rings is 1. The second-order valence-electron chi connectivity index (χ2n) is 4.50. The van der Waals surface area contributed by atoms with Crippen LogP contribution in [0.3, 0.4) is 0 Å². The molecule has 0 bridgehead atoms. The van der Waals surface area contributed by atoms with Gasteiger partial charge in [0.1, 0.15) is 0 Å². The lowest BCUT2D eigenvalue weighted by molar-refractivity contribution is 0.0954. The molecule has 0 saturated carbocycles. The Bertz CT molecular complexity index is 721. The zero-order chi connectivity index (χ0) is 13.8. The van der Waals surface area contributed by atoms with Crippen LogP contribution >= 0.6 is 0 Å². The van der Waals surface area contributed by atoms with Crippen molar-refractivity contribution in [2.24, 2.45) is 0 Å². The molecule has 100 valence electrons. The number of pyridine rings is 1. The average Bonchev–Trinajstić information content (AvgIpc) is 2.95. The van der Waals surface area contributed by atoms with Gasteiger partial charge in [-0.25, -0.2) is 4.98 Å². The molecule has 3 rings (SSSR count). The number of hydrogen-bond acceptors (Lipinski definition) is 3. The van der Waals surface area contributed by atoms with E-state index in [-0.39, 0.29) is 5.91 Å². The van der Waals surface area contributed by atoms with Gasteiger partial charge in [-0.05, 0) is 36.2 Å². The lowest BCUT2D eigenvalue weighted by Gasteiger charge is -2.05. The minimum atomic E-state index is -0.0741. The Morgan fingerprint density at radius 3 is 2.90 bits per heavy atom. The largest absolute Gasteiger partial charge is 0.352 e. The topological polar surface area (TPSA) is 70.7 Å². The van der Waals surface area contributed by atoms with E-state index in [2.05, 4.69) is 26.3 Å². The van der Waals surface area contributed by atoms with Crippen LogP contribution in [0, 0.1) is 0 Å². The van der Waals surface area contributed by atoms with Gasteiger partial charge in [0.15, 0.2) is 0 Å². The highest BCUT2D eigenvalue weighted by molar-refractivity contribution is 5.93. The van der Waals surface area contributed by atoms with Crippen LogP contribution in [0.5, 0.6) is 0 Å². The summed E-state index contributed by atoms with van der Waals surface area (Å²) in [6, 6.07) is 9.46. The summed E-state index contributed by atoms with van der Waals surface area (Å²) in [5, 5.41) is 2.90. The third-order valence-electron chi connectivity index (χ3n) is 3.13. The van der Waals surface area contributed by atoms with Gasteiger partial charge >= 0.3 is 0 Å². The molecule has 5 nitrogen and oxygen atoms in total. The minimum Gasteiger partial charge on any atom is -0.352 e. The van der Waals surface area contributed by atoms with Gasteiger partial charge in [0.05, 0.1) is 17.4 Å². The predicted molar refractivity (Wildman–Crippen MR) is 76.4 cm³/mol. The molecular weight excluding hydrogens is 252 g/mol. The molecule has 0 radical (unpaired) electrons. The average molecular weight is 266 g/mol. The molecule has 0 atom stereocenters. The van der Waals surface area contributed by atoms with Crippen molar-refractivity contribution in [1.82, 2.24) is 20.3 Å². The molecule has 5 heteroatoms. The van der Waals surface area contributed by atoms with Crippen molar-refractivity contribution in [2.75, 3.05) is 6.54 Å². The van der Waals surface area contributed by atoms with Gasteiger partial charge in [0, 0.05) is 24.5 Å². The Balaban J connectivity index is 1.58. The first kappa shape index (κ1) is 12.3. The molecule has 20 heavy (non-hydrogen) atoms. The monoisotopic (exact) mass is 266 g/mol. The fourth-order valence-corrected chi connectivity index (χ4v) is 2.06. The molecule has 0 fully saturated rings. The number of H-pyrrole nitrogens is 1. The standard InChI is InChI=1S/C15H14N4O/c20-15(12-4-6-16-7-5-12)17-8-3-11-1-2-13-14(9-11)19-10-18-13/h1-2,4-7,9-10H,3,8H2,(H,17,20)(H,18,19). The summed E-state index contributed by atoms with van der Waals surface area (Å²) in [4.78, 5) is 23.0. The van der Waals surface area contributed by atoms with E-state index in [1.165, 1.54) is 0 Å². The summed E-state index contributed by atoms with van der Waals surface area (Å²) in [6.07, 6.45) is 5.69. The highest BCUT2D eigenvalue weighted by Crippen LogP contribution is 2.11. The molecule has 0 saturated heterocycles. The summed E-state index contributed by atoms with van der Waals surface area (Å²) in [5.41, 5.74) is 3.76. The first-order valence-corrected chi connectivity index (χ1v) is 6.43. The number of fused-ring (bicyclic) bond motifs is 1. The highest BCUT2D eigenvalue weighted by Gasteiger charge is 2.04. The number of rotatable bonds is 4. The molecule has 2 N–H and O–H groups in total. The fourth-order valence-electron chi connectivity index (χ4n) is 2.06. The van der Waals surface area contributed by atoms with Crippen molar-refractivity contribution in [1.29, 1.82) is 0 Å². The summed E-state index contributed by atoms with van der Waals surface area (Å²) in [6.45, 7) is 0.598. The van der Waals surface area contributed by atoms with Gasteiger partial charge in [-0.15, -0.1) is 0 Å². The summed E-state index contributed by atoms with van der Waals surface area (Å²) >= 11 is 0. The van der Waals surface area contributed by atoms with Crippen molar-refractivity contribution in [3.63, 3.8) is 0 Å². The number of aromatic amines is 1. The van der Waals surface area contributed by atoms with E-state index in [1.807, 2.05) is 12.1 Å². The van der Waals surface area contributed by atoms with E-state index in [9.17, 15) is 4.79 Å². The number of carbonyl (C=O) groups is 1. The SMILES string of the molecule is O=C(NCCc1ccc2nc[nH]c2c1)c1ccncc1. The lowest BCUT2D eigenvalue weighted by atomic mass is 10.1. The molecule has 3 aromatic rings. The number of benzene rings is 1. The van der Waals surface area contributed by atoms with Crippen LogP contribution in [0.2, 0.25) is 0 Å². The molecule has 0 aliphatic rings. The molecule has 1 amide bonds. The molecular formula is C15H14N4O. The second-order valence-corrected chi connectivity index (χ2v) is 4.50. The summed E-state index contributed by atoms with van der Waals surface area (Å²) < 4.78 is 0. The predicted octanol–water partition coefficient (Wildman–Crippen LogP) is 1.93. The van der Waals surface area contributed by atoms with Crippen molar-refractivity contribution in [3.05, 3.63) is 60.2 Å². The van der Waals surface area contributed by atoms with Crippen LogP contribution in [-0.2, 0) is 6.42 Å². The van der Waals surface area contributed by atoms with Crippen LogP contribution in [0.25, 0.3) is 11.0 Å². The molecule has 1 aromatic carbocycles.